The van der Waals surface area contributed by atoms with Crippen LogP contribution in [0.2, 0.25) is 0 Å². The Hall–Kier alpha value is -1.85. The van der Waals surface area contributed by atoms with Crippen LogP contribution < -0.4 is 15.4 Å². The predicted octanol–water partition coefficient (Wildman–Crippen LogP) is 0.137. The maximum Gasteiger partial charge on any atom is 0.224 e. The number of fused-ring (bicyclic) bond motifs is 1. The third-order valence-corrected chi connectivity index (χ3v) is 7.31. The first-order valence-electron chi connectivity index (χ1n) is 10.6. The molecule has 5 atom stereocenters. The lowest BCUT2D eigenvalue weighted by molar-refractivity contribution is -0.129. The van der Waals surface area contributed by atoms with Gasteiger partial charge in [0.25, 0.3) is 0 Å². The van der Waals surface area contributed by atoms with Crippen LogP contribution in [0.15, 0.2) is 29.3 Å². The van der Waals surface area contributed by atoms with Crippen molar-refractivity contribution in [2.45, 2.75) is 29.9 Å². The van der Waals surface area contributed by atoms with Crippen molar-refractivity contribution < 1.29 is 24.5 Å². The molecule has 2 aliphatic heterocycles. The Morgan fingerprint density at radius 3 is 2.74 bits per heavy atom. The topological polar surface area (TPSA) is 116 Å². The summed E-state index contributed by atoms with van der Waals surface area (Å²) in [5, 5.41) is 27.5. The SMILES string of the molecule is COc1ccc(NC2=N[C@H]3[C@@H](O)[C@H](O)C[C@H](C(=O)NCCN4CCOCC4)[C@H]3S2)cc1. The molecule has 10 heteroatoms. The largest absolute Gasteiger partial charge is 0.497 e. The smallest absolute Gasteiger partial charge is 0.224 e. The maximum absolute atomic E-state index is 12.9. The molecule has 2 heterocycles. The zero-order valence-corrected chi connectivity index (χ0v) is 18.4. The number of anilines is 1. The van der Waals surface area contributed by atoms with E-state index in [1.54, 1.807) is 7.11 Å². The van der Waals surface area contributed by atoms with Gasteiger partial charge in [0.05, 0.1) is 38.4 Å². The number of hydrogen-bond donors (Lipinski definition) is 4. The summed E-state index contributed by atoms with van der Waals surface area (Å²) in [5.74, 6) is 0.243. The minimum absolute atomic E-state index is 0.0948. The van der Waals surface area contributed by atoms with Gasteiger partial charge < -0.3 is 30.3 Å². The van der Waals surface area contributed by atoms with Crippen molar-refractivity contribution in [2.24, 2.45) is 10.9 Å². The summed E-state index contributed by atoms with van der Waals surface area (Å²) in [5.41, 5.74) is 0.840. The van der Waals surface area contributed by atoms with Gasteiger partial charge in [0.15, 0.2) is 5.17 Å². The number of rotatable bonds is 6. The van der Waals surface area contributed by atoms with E-state index in [9.17, 15) is 15.0 Å². The van der Waals surface area contributed by atoms with Crippen LogP contribution in [-0.2, 0) is 9.53 Å². The zero-order valence-electron chi connectivity index (χ0n) is 17.6. The fourth-order valence-electron chi connectivity index (χ4n) is 4.20. The summed E-state index contributed by atoms with van der Waals surface area (Å²) in [4.78, 5) is 19.8. The van der Waals surface area contributed by atoms with Crippen LogP contribution in [0.25, 0.3) is 0 Å². The molecule has 3 aliphatic rings. The fourth-order valence-corrected chi connectivity index (χ4v) is 5.58. The van der Waals surface area contributed by atoms with Crippen LogP contribution in [0.5, 0.6) is 5.75 Å². The zero-order chi connectivity index (χ0) is 21.8. The summed E-state index contributed by atoms with van der Waals surface area (Å²) in [6, 6.07) is 6.93. The molecule has 4 rings (SSSR count). The number of aliphatic imine (C=N–C) groups is 1. The number of methoxy groups -OCH3 is 1. The first-order valence-corrected chi connectivity index (χ1v) is 11.5. The Balaban J connectivity index is 1.36. The lowest BCUT2D eigenvalue weighted by Crippen LogP contribution is -2.54. The van der Waals surface area contributed by atoms with E-state index in [4.69, 9.17) is 9.47 Å². The van der Waals surface area contributed by atoms with Crippen LogP contribution in [0, 0.1) is 5.92 Å². The van der Waals surface area contributed by atoms with Gasteiger partial charge in [-0.1, -0.05) is 11.8 Å². The van der Waals surface area contributed by atoms with Crippen molar-refractivity contribution in [3.05, 3.63) is 24.3 Å². The molecule has 0 aromatic heterocycles. The van der Waals surface area contributed by atoms with Crippen LogP contribution >= 0.6 is 11.8 Å². The van der Waals surface area contributed by atoms with Crippen LogP contribution in [0.1, 0.15) is 6.42 Å². The van der Waals surface area contributed by atoms with Gasteiger partial charge in [-0.2, -0.15) is 0 Å². The highest BCUT2D eigenvalue weighted by Gasteiger charge is 2.50. The van der Waals surface area contributed by atoms with Crippen molar-refractivity contribution in [1.82, 2.24) is 10.2 Å². The molecule has 1 amide bonds. The third-order valence-electron chi connectivity index (χ3n) is 6.00. The number of aliphatic hydroxyl groups is 2. The molecular formula is C21H30N4O5S. The van der Waals surface area contributed by atoms with Gasteiger partial charge in [-0.05, 0) is 30.7 Å². The number of aliphatic hydroxyl groups excluding tert-OH is 2. The van der Waals surface area contributed by atoms with E-state index in [1.165, 1.54) is 11.8 Å². The van der Waals surface area contributed by atoms with Crippen LogP contribution in [-0.4, -0.2) is 96.2 Å². The minimum Gasteiger partial charge on any atom is -0.497 e. The number of benzene rings is 1. The number of hydrogen-bond acceptors (Lipinski definition) is 9. The van der Waals surface area contributed by atoms with E-state index in [-0.39, 0.29) is 17.6 Å². The van der Waals surface area contributed by atoms with Gasteiger partial charge in [-0.3, -0.25) is 14.7 Å². The number of amidine groups is 1. The number of thioether (sulfide) groups is 1. The molecule has 0 spiro atoms. The Morgan fingerprint density at radius 1 is 1.29 bits per heavy atom. The van der Waals surface area contributed by atoms with Gasteiger partial charge in [0.1, 0.15) is 11.9 Å². The molecule has 1 saturated heterocycles. The fraction of sp³-hybridized carbons (Fsp3) is 0.619. The summed E-state index contributed by atoms with van der Waals surface area (Å²) in [6.45, 7) is 4.52. The monoisotopic (exact) mass is 450 g/mol. The summed E-state index contributed by atoms with van der Waals surface area (Å²) < 4.78 is 10.5. The average molecular weight is 451 g/mol. The van der Waals surface area contributed by atoms with Gasteiger partial charge in [-0.25, -0.2) is 0 Å². The van der Waals surface area contributed by atoms with Crippen LogP contribution in [0.4, 0.5) is 5.69 Å². The van der Waals surface area contributed by atoms with Gasteiger partial charge in [-0.15, -0.1) is 0 Å². The Bertz CT molecular complexity index is 786. The number of carbonyl (C=O) groups excluding carboxylic acids is 1. The third kappa shape index (κ3) is 5.32. The predicted molar refractivity (Wildman–Crippen MR) is 120 cm³/mol. The second-order valence-electron chi connectivity index (χ2n) is 8.01. The van der Waals surface area contributed by atoms with Crippen molar-refractivity contribution in [2.75, 3.05) is 51.8 Å². The van der Waals surface area contributed by atoms with E-state index >= 15 is 0 Å². The van der Waals surface area contributed by atoms with E-state index in [1.807, 2.05) is 24.3 Å². The maximum atomic E-state index is 12.9. The minimum atomic E-state index is -0.981. The lowest BCUT2D eigenvalue weighted by atomic mass is 9.81. The number of nitrogens with one attached hydrogen (secondary N) is 2. The highest BCUT2D eigenvalue weighted by molar-refractivity contribution is 8.15. The normalized spacial score (nSPS) is 30.9. The summed E-state index contributed by atoms with van der Waals surface area (Å²) in [7, 11) is 1.61. The Labute approximate surface area is 186 Å². The molecule has 4 N–H and O–H groups in total. The average Bonchev–Trinajstić information content (AvgIpc) is 3.21. The van der Waals surface area contributed by atoms with E-state index in [0.717, 1.165) is 44.3 Å². The quantitative estimate of drug-likeness (QED) is 0.484. The number of ether oxygens (including phenoxy) is 2. The van der Waals surface area contributed by atoms with Gasteiger partial charge >= 0.3 is 0 Å². The number of amides is 1. The second kappa shape index (κ2) is 10.2. The van der Waals surface area contributed by atoms with Crippen LogP contribution in [0.3, 0.4) is 0 Å². The lowest BCUT2D eigenvalue weighted by Gasteiger charge is -2.37. The van der Waals surface area contributed by atoms with E-state index in [2.05, 4.69) is 20.5 Å². The molecule has 0 bridgehead atoms. The molecule has 1 aromatic carbocycles. The number of carbonyl (C=O) groups is 1. The van der Waals surface area contributed by atoms with Crippen molar-refractivity contribution in [3.63, 3.8) is 0 Å². The van der Waals surface area contributed by atoms with Crippen molar-refractivity contribution in [3.8, 4) is 5.75 Å². The Kier molecular flexibility index (Phi) is 7.34. The molecule has 31 heavy (non-hydrogen) atoms. The first-order chi connectivity index (χ1) is 15.0. The molecular weight excluding hydrogens is 420 g/mol. The summed E-state index contributed by atoms with van der Waals surface area (Å²) >= 11 is 1.45. The van der Waals surface area contributed by atoms with Crippen molar-refractivity contribution >= 4 is 28.5 Å². The number of nitrogens with zero attached hydrogens (tertiary/aromatic N) is 2. The van der Waals surface area contributed by atoms with Crippen molar-refractivity contribution in [1.29, 1.82) is 0 Å². The molecule has 0 unspecified atom stereocenters. The molecule has 2 fully saturated rings. The molecule has 1 saturated carbocycles. The molecule has 1 aliphatic carbocycles. The molecule has 9 nitrogen and oxygen atoms in total. The highest BCUT2D eigenvalue weighted by Crippen LogP contribution is 2.41. The standard InChI is InChI=1S/C21H30N4O5S/c1-29-14-4-2-13(3-5-14)23-21-24-17-18(27)16(26)12-15(19(17)31-21)20(28)22-6-7-25-8-10-30-11-9-25/h2-5,15-19,26-27H,6-12H2,1H3,(H,22,28)(H,23,24)/t15-,16+,17-,18-,19+/m0/s1. The Morgan fingerprint density at radius 2 is 2.03 bits per heavy atom. The summed E-state index contributed by atoms with van der Waals surface area (Å²) in [6.07, 6.45) is -1.73. The highest BCUT2D eigenvalue weighted by atomic mass is 32.2. The molecule has 170 valence electrons. The van der Waals surface area contributed by atoms with E-state index < -0.39 is 24.2 Å². The molecule has 1 aromatic rings. The van der Waals surface area contributed by atoms with Gasteiger partial charge in [0.2, 0.25) is 5.91 Å². The van der Waals surface area contributed by atoms with E-state index in [0.29, 0.717) is 11.7 Å². The van der Waals surface area contributed by atoms with Gasteiger partial charge in [0, 0.05) is 37.1 Å². The number of morpholine rings is 1. The molecule has 0 radical (unpaired) electrons. The first kappa shape index (κ1) is 22.3. The second-order valence-corrected chi connectivity index (χ2v) is 9.17.